The van der Waals surface area contributed by atoms with Crippen molar-refractivity contribution < 1.29 is 22.8 Å². The lowest BCUT2D eigenvalue weighted by atomic mass is 10.1. The van der Waals surface area contributed by atoms with Crippen LogP contribution in [0.15, 0.2) is 48.5 Å². The molecule has 0 fully saturated rings. The molecule has 0 bridgehead atoms. The molecule has 3 rings (SSSR count). The van der Waals surface area contributed by atoms with Crippen LogP contribution in [-0.2, 0) is 11.0 Å². The lowest BCUT2D eigenvalue weighted by molar-refractivity contribution is -0.137. The standard InChI is InChI=1S/C19H16F3N5O2/c1-11(18(29)23-16-8-6-13(7-9-16)12(2)28)27-25-17(24-26-27)14-4-3-5-15(10-14)19(20,21)22/h3-11H,1-2H3,(H,23,29)/t11-/m0/s1. The minimum atomic E-state index is -4.49. The van der Waals surface area contributed by atoms with E-state index < -0.39 is 23.7 Å². The zero-order valence-electron chi connectivity index (χ0n) is 15.4. The number of hydrogen-bond acceptors (Lipinski definition) is 5. The Morgan fingerprint density at radius 2 is 1.79 bits per heavy atom. The van der Waals surface area contributed by atoms with Crippen molar-refractivity contribution in [1.29, 1.82) is 0 Å². The second-order valence-electron chi connectivity index (χ2n) is 6.31. The second kappa shape index (κ2) is 7.82. The van der Waals surface area contributed by atoms with Crippen molar-refractivity contribution in [2.75, 3.05) is 5.32 Å². The SMILES string of the molecule is CC(=O)c1ccc(NC(=O)[C@H](C)n2nnc(-c3cccc(C(F)(F)F)c3)n2)cc1. The molecule has 7 nitrogen and oxygen atoms in total. The Hall–Kier alpha value is -3.56. The van der Waals surface area contributed by atoms with E-state index in [1.54, 1.807) is 24.3 Å². The summed E-state index contributed by atoms with van der Waals surface area (Å²) in [6, 6.07) is 10.0. The van der Waals surface area contributed by atoms with E-state index in [9.17, 15) is 22.8 Å². The highest BCUT2D eigenvalue weighted by molar-refractivity contribution is 5.96. The molecule has 0 unspecified atom stereocenters. The van der Waals surface area contributed by atoms with Gasteiger partial charge in [0.1, 0.15) is 6.04 Å². The first-order valence-electron chi connectivity index (χ1n) is 8.54. The predicted molar refractivity (Wildman–Crippen MR) is 98.0 cm³/mol. The van der Waals surface area contributed by atoms with Crippen molar-refractivity contribution >= 4 is 17.4 Å². The molecule has 1 heterocycles. The maximum Gasteiger partial charge on any atom is 0.416 e. The summed E-state index contributed by atoms with van der Waals surface area (Å²) < 4.78 is 38.6. The fourth-order valence-electron chi connectivity index (χ4n) is 2.48. The fourth-order valence-corrected chi connectivity index (χ4v) is 2.48. The number of halogens is 3. The Morgan fingerprint density at radius 1 is 1.10 bits per heavy atom. The molecule has 0 aliphatic rings. The van der Waals surface area contributed by atoms with Crippen molar-refractivity contribution in [3.8, 4) is 11.4 Å². The number of nitrogens with one attached hydrogen (secondary N) is 1. The zero-order chi connectivity index (χ0) is 21.2. The average Bonchev–Trinajstić information content (AvgIpc) is 3.17. The zero-order valence-corrected chi connectivity index (χ0v) is 15.4. The third kappa shape index (κ3) is 4.65. The van der Waals surface area contributed by atoms with E-state index in [0.717, 1.165) is 16.9 Å². The van der Waals surface area contributed by atoms with Gasteiger partial charge >= 0.3 is 6.18 Å². The second-order valence-corrected chi connectivity index (χ2v) is 6.31. The normalized spacial score (nSPS) is 12.4. The molecular formula is C19H16F3N5O2. The molecule has 0 aliphatic heterocycles. The van der Waals surface area contributed by atoms with Gasteiger partial charge in [0.25, 0.3) is 5.91 Å². The smallest absolute Gasteiger partial charge is 0.324 e. The first-order valence-corrected chi connectivity index (χ1v) is 8.54. The minimum absolute atomic E-state index is 0.0263. The van der Waals surface area contributed by atoms with Crippen LogP contribution in [0.5, 0.6) is 0 Å². The summed E-state index contributed by atoms with van der Waals surface area (Å²) in [6.07, 6.45) is -4.49. The highest BCUT2D eigenvalue weighted by Gasteiger charge is 2.31. The molecule has 3 aromatic rings. The number of carbonyl (C=O) groups excluding carboxylic acids is 2. The Kier molecular flexibility index (Phi) is 5.44. The molecule has 0 aliphatic carbocycles. The molecular weight excluding hydrogens is 387 g/mol. The maximum atomic E-state index is 12.9. The van der Waals surface area contributed by atoms with Gasteiger partial charge in [-0.25, -0.2) is 0 Å². The molecule has 10 heteroatoms. The van der Waals surface area contributed by atoms with E-state index in [-0.39, 0.29) is 17.2 Å². The van der Waals surface area contributed by atoms with Crippen LogP contribution in [0, 0.1) is 0 Å². The number of anilines is 1. The Bertz CT molecular complexity index is 1040. The molecule has 0 spiro atoms. The first-order chi connectivity index (χ1) is 13.6. The molecule has 0 saturated heterocycles. The van der Waals surface area contributed by atoms with E-state index >= 15 is 0 Å². The number of nitrogens with zero attached hydrogens (tertiary/aromatic N) is 4. The number of carbonyl (C=O) groups is 2. The summed E-state index contributed by atoms with van der Waals surface area (Å²) in [5.41, 5.74) is 0.300. The Labute approximate surface area is 163 Å². The topological polar surface area (TPSA) is 89.8 Å². The number of aromatic nitrogens is 4. The van der Waals surface area contributed by atoms with Crippen LogP contribution in [0.25, 0.3) is 11.4 Å². The van der Waals surface area contributed by atoms with E-state index in [1.807, 2.05) is 0 Å². The molecule has 0 radical (unpaired) electrons. The van der Waals surface area contributed by atoms with Gasteiger partial charge in [-0.1, -0.05) is 12.1 Å². The van der Waals surface area contributed by atoms with Crippen molar-refractivity contribution in [1.82, 2.24) is 20.2 Å². The highest BCUT2D eigenvalue weighted by atomic mass is 19.4. The number of alkyl halides is 3. The number of rotatable bonds is 5. The molecule has 1 atom stereocenters. The van der Waals surface area contributed by atoms with Crippen molar-refractivity contribution in [3.05, 3.63) is 59.7 Å². The van der Waals surface area contributed by atoms with Gasteiger partial charge in [-0.05, 0) is 55.5 Å². The van der Waals surface area contributed by atoms with Crippen LogP contribution < -0.4 is 5.32 Å². The van der Waals surface area contributed by atoms with Crippen LogP contribution in [0.2, 0.25) is 0 Å². The number of Topliss-reactive ketones (excluding diaryl/α,β-unsaturated/α-hetero) is 1. The summed E-state index contributed by atoms with van der Waals surface area (Å²) in [7, 11) is 0. The van der Waals surface area contributed by atoms with Gasteiger partial charge in [0.05, 0.1) is 5.56 Å². The van der Waals surface area contributed by atoms with Crippen molar-refractivity contribution in [3.63, 3.8) is 0 Å². The molecule has 150 valence electrons. The Morgan fingerprint density at radius 3 is 2.41 bits per heavy atom. The number of hydrogen-bond donors (Lipinski definition) is 1. The molecule has 2 aromatic carbocycles. The van der Waals surface area contributed by atoms with E-state index in [2.05, 4.69) is 20.7 Å². The van der Waals surface area contributed by atoms with Crippen LogP contribution >= 0.6 is 0 Å². The summed E-state index contributed by atoms with van der Waals surface area (Å²) >= 11 is 0. The number of ketones is 1. The molecule has 1 N–H and O–H groups in total. The first kappa shape index (κ1) is 20.2. The molecule has 29 heavy (non-hydrogen) atoms. The molecule has 1 amide bonds. The van der Waals surface area contributed by atoms with Gasteiger partial charge in [-0.3, -0.25) is 9.59 Å². The maximum absolute atomic E-state index is 12.9. The van der Waals surface area contributed by atoms with E-state index in [4.69, 9.17) is 0 Å². The Balaban J connectivity index is 1.74. The molecule has 0 saturated carbocycles. The molecule has 1 aromatic heterocycles. The average molecular weight is 403 g/mol. The lowest BCUT2D eigenvalue weighted by Gasteiger charge is -2.11. The van der Waals surface area contributed by atoms with Crippen LogP contribution in [0.1, 0.15) is 35.8 Å². The van der Waals surface area contributed by atoms with E-state index in [1.165, 1.54) is 26.0 Å². The third-order valence-electron chi connectivity index (χ3n) is 4.16. The van der Waals surface area contributed by atoms with Crippen molar-refractivity contribution in [2.24, 2.45) is 0 Å². The van der Waals surface area contributed by atoms with E-state index in [0.29, 0.717) is 11.3 Å². The minimum Gasteiger partial charge on any atom is -0.324 e. The summed E-state index contributed by atoms with van der Waals surface area (Å²) in [6.45, 7) is 2.96. The van der Waals surface area contributed by atoms with Crippen LogP contribution in [-0.4, -0.2) is 31.9 Å². The van der Waals surface area contributed by atoms with Crippen LogP contribution in [0.3, 0.4) is 0 Å². The summed E-state index contributed by atoms with van der Waals surface area (Å²) in [4.78, 5) is 24.7. The monoisotopic (exact) mass is 403 g/mol. The largest absolute Gasteiger partial charge is 0.416 e. The van der Waals surface area contributed by atoms with Gasteiger partial charge in [0.2, 0.25) is 5.82 Å². The van der Waals surface area contributed by atoms with Gasteiger partial charge < -0.3 is 5.32 Å². The van der Waals surface area contributed by atoms with Crippen LogP contribution in [0.4, 0.5) is 18.9 Å². The van der Waals surface area contributed by atoms with Crippen molar-refractivity contribution in [2.45, 2.75) is 26.1 Å². The van der Waals surface area contributed by atoms with Gasteiger partial charge in [0.15, 0.2) is 5.78 Å². The quantitative estimate of drug-likeness (QED) is 0.655. The fraction of sp³-hybridized carbons (Fsp3) is 0.211. The number of amides is 1. The summed E-state index contributed by atoms with van der Waals surface area (Å²) in [5, 5.41) is 14.2. The third-order valence-corrected chi connectivity index (χ3v) is 4.16. The summed E-state index contributed by atoms with van der Waals surface area (Å²) in [5.74, 6) is -0.569. The predicted octanol–water partition coefficient (Wildman–Crippen LogP) is 3.76. The number of tetrazole rings is 1. The van der Waals surface area contributed by atoms with Gasteiger partial charge in [0, 0.05) is 16.8 Å². The van der Waals surface area contributed by atoms with Gasteiger partial charge in [-0.15, -0.1) is 10.2 Å². The lowest BCUT2D eigenvalue weighted by Crippen LogP contribution is -2.25. The van der Waals surface area contributed by atoms with Gasteiger partial charge in [-0.2, -0.15) is 18.0 Å². The highest BCUT2D eigenvalue weighted by Crippen LogP contribution is 2.31. The number of benzene rings is 2.